The van der Waals surface area contributed by atoms with E-state index in [0.717, 1.165) is 10.4 Å². The number of carbonyl (C=O) groups excluding carboxylic acids is 1. The Morgan fingerprint density at radius 3 is 2.34 bits per heavy atom. The fourth-order valence-corrected chi connectivity index (χ4v) is 4.73. The van der Waals surface area contributed by atoms with Crippen molar-refractivity contribution in [2.24, 2.45) is 0 Å². The van der Waals surface area contributed by atoms with Gasteiger partial charge >= 0.3 is 0 Å². The number of methoxy groups -OCH3 is 2. The Kier molecular flexibility index (Phi) is 6.99. The topological polar surface area (TPSA) is 84.9 Å². The Morgan fingerprint density at radius 1 is 1.00 bits per heavy atom. The lowest BCUT2D eigenvalue weighted by Crippen LogP contribution is -2.38. The first-order valence-electron chi connectivity index (χ1n) is 9.61. The summed E-state index contributed by atoms with van der Waals surface area (Å²) in [7, 11) is -1.34. The maximum absolute atomic E-state index is 13.6. The summed E-state index contributed by atoms with van der Waals surface area (Å²) >= 11 is 0. The average molecular weight is 459 g/mol. The van der Waals surface area contributed by atoms with E-state index in [0.29, 0.717) is 11.3 Å². The fraction of sp³-hybridized carbons (Fsp3) is 0.174. The van der Waals surface area contributed by atoms with Crippen LogP contribution >= 0.6 is 0 Å². The normalized spacial score (nSPS) is 11.0. The molecule has 0 saturated carbocycles. The highest BCUT2D eigenvalue weighted by molar-refractivity contribution is 7.93. The van der Waals surface area contributed by atoms with Crippen LogP contribution in [0.4, 0.5) is 15.8 Å². The molecule has 32 heavy (non-hydrogen) atoms. The number of halogens is 1. The standard InChI is InChI=1S/C23H23FN2O5S/c1-16-7-12-21(31-3)22(13-16)32(28,29)26(19-8-10-20(30-2)11-9-19)15-23(27)25-18-6-4-5-17(24)14-18/h4-14H,15H2,1-3H3,(H,25,27). The zero-order valence-electron chi connectivity index (χ0n) is 17.8. The number of anilines is 2. The predicted molar refractivity (Wildman–Crippen MR) is 120 cm³/mol. The average Bonchev–Trinajstić information content (AvgIpc) is 2.77. The highest BCUT2D eigenvalue weighted by Gasteiger charge is 2.30. The van der Waals surface area contributed by atoms with Crippen LogP contribution in [0.15, 0.2) is 71.6 Å². The Balaban J connectivity index is 2.02. The molecule has 168 valence electrons. The summed E-state index contributed by atoms with van der Waals surface area (Å²) in [4.78, 5) is 12.7. The van der Waals surface area contributed by atoms with Gasteiger partial charge in [-0.05, 0) is 67.1 Å². The summed E-state index contributed by atoms with van der Waals surface area (Å²) in [5.74, 6) is -0.475. The molecule has 0 aliphatic rings. The second-order valence-corrected chi connectivity index (χ2v) is 8.75. The zero-order valence-corrected chi connectivity index (χ0v) is 18.6. The third-order valence-electron chi connectivity index (χ3n) is 4.64. The molecule has 0 radical (unpaired) electrons. The number of nitrogens with one attached hydrogen (secondary N) is 1. The van der Waals surface area contributed by atoms with Crippen molar-refractivity contribution in [3.05, 3.63) is 78.1 Å². The molecule has 1 amide bonds. The summed E-state index contributed by atoms with van der Waals surface area (Å²) in [6.45, 7) is 1.22. The van der Waals surface area contributed by atoms with Crippen LogP contribution in [0.3, 0.4) is 0 Å². The second-order valence-electron chi connectivity index (χ2n) is 6.92. The van der Waals surface area contributed by atoms with Crippen molar-refractivity contribution in [1.82, 2.24) is 0 Å². The van der Waals surface area contributed by atoms with Gasteiger partial charge in [0.1, 0.15) is 28.8 Å². The maximum Gasteiger partial charge on any atom is 0.268 e. The van der Waals surface area contributed by atoms with Crippen LogP contribution in [-0.4, -0.2) is 35.1 Å². The summed E-state index contributed by atoms with van der Waals surface area (Å²) in [6.07, 6.45) is 0. The lowest BCUT2D eigenvalue weighted by atomic mass is 10.2. The molecule has 0 fully saturated rings. The van der Waals surface area contributed by atoms with Crippen LogP contribution in [0.2, 0.25) is 0 Å². The number of aryl methyl sites for hydroxylation is 1. The Labute approximate surface area is 186 Å². The van der Waals surface area contributed by atoms with Crippen molar-refractivity contribution < 1.29 is 27.1 Å². The number of nitrogens with zero attached hydrogens (tertiary/aromatic N) is 1. The molecule has 3 aromatic rings. The first-order chi connectivity index (χ1) is 15.2. The highest BCUT2D eigenvalue weighted by Crippen LogP contribution is 2.31. The molecular weight excluding hydrogens is 435 g/mol. The second kappa shape index (κ2) is 9.69. The van der Waals surface area contributed by atoms with Gasteiger partial charge in [0.2, 0.25) is 5.91 Å². The molecule has 3 rings (SSSR count). The smallest absolute Gasteiger partial charge is 0.268 e. The first kappa shape index (κ1) is 23.1. The number of ether oxygens (including phenoxy) is 2. The summed E-state index contributed by atoms with van der Waals surface area (Å²) in [6, 6.07) is 16.4. The largest absolute Gasteiger partial charge is 0.497 e. The van der Waals surface area contributed by atoms with E-state index in [1.807, 2.05) is 0 Å². The van der Waals surface area contributed by atoms with E-state index >= 15 is 0 Å². The number of sulfonamides is 1. The molecule has 0 saturated heterocycles. The lowest BCUT2D eigenvalue weighted by Gasteiger charge is -2.25. The molecule has 0 unspecified atom stereocenters. The number of rotatable bonds is 8. The Bertz CT molecular complexity index is 1210. The molecule has 0 bridgehead atoms. The van der Waals surface area contributed by atoms with Crippen LogP contribution in [0, 0.1) is 12.7 Å². The summed E-state index contributed by atoms with van der Waals surface area (Å²) in [5, 5.41) is 2.53. The van der Waals surface area contributed by atoms with E-state index in [1.165, 1.54) is 50.6 Å². The summed E-state index contributed by atoms with van der Waals surface area (Å²) in [5.41, 5.74) is 1.18. The minimum Gasteiger partial charge on any atom is -0.497 e. The van der Waals surface area contributed by atoms with Crippen LogP contribution < -0.4 is 19.1 Å². The number of hydrogen-bond donors (Lipinski definition) is 1. The number of benzene rings is 3. The molecule has 0 atom stereocenters. The first-order valence-corrected chi connectivity index (χ1v) is 11.1. The quantitative estimate of drug-likeness (QED) is 0.552. The van der Waals surface area contributed by atoms with Crippen LogP contribution in [0.1, 0.15) is 5.56 Å². The lowest BCUT2D eigenvalue weighted by molar-refractivity contribution is -0.114. The molecule has 0 aliphatic carbocycles. The van der Waals surface area contributed by atoms with Gasteiger partial charge in [0, 0.05) is 5.69 Å². The van der Waals surface area contributed by atoms with Crippen LogP contribution in [0.5, 0.6) is 11.5 Å². The van der Waals surface area contributed by atoms with Gasteiger partial charge in [-0.25, -0.2) is 12.8 Å². The van der Waals surface area contributed by atoms with Crippen molar-refractivity contribution in [2.45, 2.75) is 11.8 Å². The SMILES string of the molecule is COc1ccc(N(CC(=O)Nc2cccc(F)c2)S(=O)(=O)c2cc(C)ccc2OC)cc1. The number of amides is 1. The van der Waals surface area contributed by atoms with E-state index in [2.05, 4.69) is 5.32 Å². The minimum atomic E-state index is -4.20. The number of carbonyl (C=O) groups is 1. The monoisotopic (exact) mass is 458 g/mol. The highest BCUT2D eigenvalue weighted by atomic mass is 32.2. The Morgan fingerprint density at radius 2 is 1.72 bits per heavy atom. The number of hydrogen-bond acceptors (Lipinski definition) is 5. The maximum atomic E-state index is 13.6. The third-order valence-corrected chi connectivity index (χ3v) is 6.44. The van der Waals surface area contributed by atoms with Crippen molar-refractivity contribution in [2.75, 3.05) is 30.4 Å². The molecule has 0 aliphatic heterocycles. The van der Waals surface area contributed by atoms with Gasteiger partial charge < -0.3 is 14.8 Å². The molecule has 0 spiro atoms. The van der Waals surface area contributed by atoms with Gasteiger partial charge in [-0.15, -0.1) is 0 Å². The van der Waals surface area contributed by atoms with E-state index in [4.69, 9.17) is 9.47 Å². The van der Waals surface area contributed by atoms with E-state index in [9.17, 15) is 17.6 Å². The molecule has 7 nitrogen and oxygen atoms in total. The van der Waals surface area contributed by atoms with Crippen LogP contribution in [0.25, 0.3) is 0 Å². The fourth-order valence-electron chi connectivity index (χ4n) is 3.06. The molecule has 0 heterocycles. The zero-order chi connectivity index (χ0) is 23.3. The third kappa shape index (κ3) is 5.17. The van der Waals surface area contributed by atoms with Gasteiger partial charge in [-0.3, -0.25) is 9.10 Å². The molecule has 1 N–H and O–H groups in total. The Hall–Kier alpha value is -3.59. The van der Waals surface area contributed by atoms with Crippen LogP contribution in [-0.2, 0) is 14.8 Å². The van der Waals surface area contributed by atoms with Crippen molar-refractivity contribution in [3.63, 3.8) is 0 Å². The van der Waals surface area contributed by atoms with E-state index < -0.39 is 28.3 Å². The van der Waals surface area contributed by atoms with E-state index in [1.54, 1.807) is 31.2 Å². The van der Waals surface area contributed by atoms with Gasteiger partial charge in [0.15, 0.2) is 0 Å². The van der Waals surface area contributed by atoms with Gasteiger partial charge in [-0.1, -0.05) is 12.1 Å². The van der Waals surface area contributed by atoms with Crippen molar-refractivity contribution >= 4 is 27.3 Å². The molecule has 0 aromatic heterocycles. The van der Waals surface area contributed by atoms with Gasteiger partial charge in [0.25, 0.3) is 10.0 Å². The summed E-state index contributed by atoms with van der Waals surface area (Å²) < 4.78 is 52.1. The van der Waals surface area contributed by atoms with E-state index in [-0.39, 0.29) is 22.0 Å². The predicted octanol–water partition coefficient (Wildman–Crippen LogP) is 3.99. The van der Waals surface area contributed by atoms with Crippen molar-refractivity contribution in [1.29, 1.82) is 0 Å². The minimum absolute atomic E-state index is 0.0747. The molecular formula is C23H23FN2O5S. The van der Waals surface area contributed by atoms with Gasteiger partial charge in [0.05, 0.1) is 19.9 Å². The molecule has 9 heteroatoms. The van der Waals surface area contributed by atoms with Gasteiger partial charge in [-0.2, -0.15) is 0 Å². The molecule has 3 aromatic carbocycles. The van der Waals surface area contributed by atoms with Crippen molar-refractivity contribution in [3.8, 4) is 11.5 Å².